The third kappa shape index (κ3) is 4.06. The highest BCUT2D eigenvalue weighted by molar-refractivity contribution is 4.82. The van der Waals surface area contributed by atoms with E-state index in [1.807, 2.05) is 0 Å². The van der Waals surface area contributed by atoms with Crippen molar-refractivity contribution in [3.63, 3.8) is 0 Å². The lowest BCUT2D eigenvalue weighted by atomic mass is 9.95. The fraction of sp³-hybridized carbons (Fsp3) is 1.00. The molecule has 2 unspecified atom stereocenters. The fourth-order valence-corrected chi connectivity index (χ4v) is 3.06. The van der Waals surface area contributed by atoms with Crippen LogP contribution < -0.4 is 5.32 Å². The summed E-state index contributed by atoms with van der Waals surface area (Å²) in [6.45, 7) is 7.18. The second-order valence-electron chi connectivity index (χ2n) is 5.13. The van der Waals surface area contributed by atoms with Crippen molar-refractivity contribution in [1.82, 2.24) is 10.2 Å². The molecule has 0 radical (unpaired) electrons. The van der Waals surface area contributed by atoms with Crippen LogP contribution in [0.1, 0.15) is 58.8 Å². The van der Waals surface area contributed by atoms with Crippen molar-refractivity contribution in [3.8, 4) is 0 Å². The molecule has 96 valence electrons. The van der Waals surface area contributed by atoms with Crippen LogP contribution in [0.3, 0.4) is 0 Å². The van der Waals surface area contributed by atoms with Gasteiger partial charge in [-0.3, -0.25) is 4.90 Å². The van der Waals surface area contributed by atoms with E-state index in [0.717, 1.165) is 12.1 Å². The Kier molecular flexibility index (Phi) is 7.06. The summed E-state index contributed by atoms with van der Waals surface area (Å²) in [6.07, 6.45) is 9.63. The van der Waals surface area contributed by atoms with Crippen LogP contribution in [-0.2, 0) is 0 Å². The summed E-state index contributed by atoms with van der Waals surface area (Å²) in [5.41, 5.74) is 0. The second kappa shape index (κ2) is 8.08. The number of piperidine rings is 1. The molecule has 1 saturated heterocycles. The molecule has 1 rings (SSSR count). The molecule has 1 N–H and O–H groups in total. The maximum absolute atomic E-state index is 3.30. The Morgan fingerprint density at radius 3 is 2.75 bits per heavy atom. The Labute approximate surface area is 102 Å². The fourth-order valence-electron chi connectivity index (χ4n) is 3.06. The van der Waals surface area contributed by atoms with Crippen molar-refractivity contribution in [2.45, 2.75) is 70.9 Å². The lowest BCUT2D eigenvalue weighted by molar-refractivity contribution is 0.0811. The second-order valence-corrected chi connectivity index (χ2v) is 5.13. The molecule has 0 spiro atoms. The first kappa shape index (κ1) is 14.0. The molecule has 1 fully saturated rings. The highest BCUT2D eigenvalue weighted by atomic mass is 15.2. The molecule has 0 bridgehead atoms. The third-order valence-electron chi connectivity index (χ3n) is 3.96. The van der Waals surface area contributed by atoms with Gasteiger partial charge < -0.3 is 5.32 Å². The van der Waals surface area contributed by atoms with Crippen molar-refractivity contribution in [1.29, 1.82) is 0 Å². The lowest BCUT2D eigenvalue weighted by Gasteiger charge is -2.41. The topological polar surface area (TPSA) is 15.3 Å². The van der Waals surface area contributed by atoms with E-state index in [2.05, 4.69) is 31.1 Å². The van der Waals surface area contributed by atoms with Crippen LogP contribution in [0.15, 0.2) is 0 Å². The number of hydrogen-bond donors (Lipinski definition) is 1. The van der Waals surface area contributed by atoms with E-state index in [1.54, 1.807) is 0 Å². The van der Waals surface area contributed by atoms with Crippen LogP contribution >= 0.6 is 0 Å². The summed E-state index contributed by atoms with van der Waals surface area (Å²) in [5, 5.41) is 3.30. The van der Waals surface area contributed by atoms with Gasteiger partial charge in [0.1, 0.15) is 0 Å². The first-order valence-corrected chi connectivity index (χ1v) is 7.23. The van der Waals surface area contributed by atoms with Gasteiger partial charge in [0.05, 0.1) is 0 Å². The van der Waals surface area contributed by atoms with Crippen LogP contribution in [-0.4, -0.2) is 37.1 Å². The summed E-state index contributed by atoms with van der Waals surface area (Å²) in [7, 11) is 2.07. The van der Waals surface area contributed by atoms with Crippen molar-refractivity contribution in [3.05, 3.63) is 0 Å². The largest absolute Gasteiger partial charge is 0.320 e. The van der Waals surface area contributed by atoms with E-state index >= 15 is 0 Å². The molecule has 0 aromatic carbocycles. The first-order valence-electron chi connectivity index (χ1n) is 7.23. The van der Waals surface area contributed by atoms with Gasteiger partial charge in [0, 0.05) is 12.1 Å². The van der Waals surface area contributed by atoms with Gasteiger partial charge >= 0.3 is 0 Å². The number of nitrogens with zero attached hydrogens (tertiary/aromatic N) is 1. The molecule has 2 heteroatoms. The smallest absolute Gasteiger partial charge is 0.0110 e. The van der Waals surface area contributed by atoms with Crippen molar-refractivity contribution in [2.24, 2.45) is 0 Å². The van der Waals surface area contributed by atoms with Gasteiger partial charge in [0.15, 0.2) is 0 Å². The van der Waals surface area contributed by atoms with E-state index in [4.69, 9.17) is 0 Å². The molecule has 0 aromatic rings. The Hall–Kier alpha value is -0.0800. The van der Waals surface area contributed by atoms with Crippen LogP contribution in [0.4, 0.5) is 0 Å². The van der Waals surface area contributed by atoms with Crippen molar-refractivity contribution < 1.29 is 0 Å². The molecule has 1 aliphatic rings. The summed E-state index contributed by atoms with van der Waals surface area (Å²) in [4.78, 5) is 2.81. The number of hydrogen-bond acceptors (Lipinski definition) is 2. The average Bonchev–Trinajstić information content (AvgIpc) is 2.34. The van der Waals surface area contributed by atoms with Crippen LogP contribution in [0, 0.1) is 0 Å². The minimum absolute atomic E-state index is 0.840. The van der Waals surface area contributed by atoms with E-state index < -0.39 is 0 Å². The zero-order valence-corrected chi connectivity index (χ0v) is 11.5. The van der Waals surface area contributed by atoms with Crippen LogP contribution in [0.25, 0.3) is 0 Å². The number of likely N-dealkylation sites (tertiary alicyclic amines) is 1. The molecule has 1 aliphatic heterocycles. The third-order valence-corrected chi connectivity index (χ3v) is 3.96. The van der Waals surface area contributed by atoms with Gasteiger partial charge in [-0.25, -0.2) is 0 Å². The summed E-state index contributed by atoms with van der Waals surface area (Å²) in [5.74, 6) is 0. The monoisotopic (exact) mass is 226 g/mol. The normalized spacial score (nSPS) is 24.6. The Morgan fingerprint density at radius 2 is 2.12 bits per heavy atom. The molecule has 16 heavy (non-hydrogen) atoms. The molecule has 0 aliphatic carbocycles. The molecule has 1 heterocycles. The Balaban J connectivity index is 2.49. The highest BCUT2D eigenvalue weighted by Crippen LogP contribution is 2.25. The average molecular weight is 226 g/mol. The van der Waals surface area contributed by atoms with Crippen molar-refractivity contribution >= 4 is 0 Å². The lowest BCUT2D eigenvalue weighted by Crippen LogP contribution is -2.47. The van der Waals surface area contributed by atoms with Gasteiger partial charge in [-0.05, 0) is 52.2 Å². The Bertz CT molecular complexity index is 170. The molecular weight excluding hydrogens is 196 g/mol. The summed E-state index contributed by atoms with van der Waals surface area (Å²) >= 11 is 0. The maximum atomic E-state index is 3.30. The van der Waals surface area contributed by atoms with Gasteiger partial charge in [0.2, 0.25) is 0 Å². The summed E-state index contributed by atoms with van der Waals surface area (Å²) in [6, 6.07) is 1.69. The molecular formula is C14H30N2. The zero-order valence-electron chi connectivity index (χ0n) is 11.5. The Morgan fingerprint density at radius 1 is 1.31 bits per heavy atom. The quantitative estimate of drug-likeness (QED) is 0.718. The summed E-state index contributed by atoms with van der Waals surface area (Å²) < 4.78 is 0. The van der Waals surface area contributed by atoms with E-state index in [0.29, 0.717) is 0 Å². The minimum Gasteiger partial charge on any atom is -0.320 e. The highest BCUT2D eigenvalue weighted by Gasteiger charge is 2.26. The first-order chi connectivity index (χ1) is 7.83. The molecule has 2 atom stereocenters. The van der Waals surface area contributed by atoms with E-state index in [-0.39, 0.29) is 0 Å². The van der Waals surface area contributed by atoms with Crippen molar-refractivity contribution in [2.75, 3.05) is 20.1 Å². The maximum Gasteiger partial charge on any atom is 0.0110 e. The predicted molar refractivity (Wildman–Crippen MR) is 71.9 cm³/mol. The SMILES string of the molecule is CCCC(CC)N1CCCCC1CCNC. The van der Waals surface area contributed by atoms with Gasteiger partial charge in [0.25, 0.3) is 0 Å². The van der Waals surface area contributed by atoms with Gasteiger partial charge in [-0.1, -0.05) is 26.7 Å². The van der Waals surface area contributed by atoms with E-state index in [9.17, 15) is 0 Å². The molecule has 2 nitrogen and oxygen atoms in total. The zero-order chi connectivity index (χ0) is 11.8. The standard InChI is InChI=1S/C14H30N2/c1-4-8-13(5-2)16-12-7-6-9-14(16)10-11-15-3/h13-15H,4-12H2,1-3H3. The minimum atomic E-state index is 0.840. The van der Waals surface area contributed by atoms with E-state index in [1.165, 1.54) is 58.0 Å². The van der Waals surface area contributed by atoms with Gasteiger partial charge in [-0.2, -0.15) is 0 Å². The van der Waals surface area contributed by atoms with Crippen LogP contribution in [0.5, 0.6) is 0 Å². The predicted octanol–water partition coefficient (Wildman–Crippen LogP) is 3.03. The molecule has 0 amide bonds. The number of rotatable bonds is 7. The molecule has 0 aromatic heterocycles. The number of nitrogens with one attached hydrogen (secondary N) is 1. The van der Waals surface area contributed by atoms with Crippen LogP contribution in [0.2, 0.25) is 0 Å². The van der Waals surface area contributed by atoms with Gasteiger partial charge in [-0.15, -0.1) is 0 Å². The molecule has 0 saturated carbocycles.